The van der Waals surface area contributed by atoms with Gasteiger partial charge in [-0.1, -0.05) is 0 Å². The maximum absolute atomic E-state index is 12.2. The van der Waals surface area contributed by atoms with Crippen molar-refractivity contribution in [3.05, 3.63) is 34.4 Å². The standard InChI is InChI=1S/C17H22F2O2/c1-10-11(2)16-13(12(3)15(10)20)7-9-17(4,21-16)8-5-6-14(18)19/h6,20H,5,7-9H2,1-4H3/t17-/m0/s1. The molecule has 1 aromatic rings. The number of fused-ring (bicyclic) bond motifs is 1. The number of allylic oxidation sites excluding steroid dienone is 1. The van der Waals surface area contributed by atoms with E-state index >= 15 is 0 Å². The fraction of sp³-hybridized carbons (Fsp3) is 0.529. The van der Waals surface area contributed by atoms with Crippen molar-refractivity contribution >= 4 is 0 Å². The SMILES string of the molecule is Cc1c(C)c2c(c(C)c1O)CC[C@](C)(CCC=C(F)F)O2. The molecule has 2 rings (SSSR count). The topological polar surface area (TPSA) is 29.5 Å². The highest BCUT2D eigenvalue weighted by Crippen LogP contribution is 2.44. The Morgan fingerprint density at radius 2 is 1.90 bits per heavy atom. The molecule has 116 valence electrons. The van der Waals surface area contributed by atoms with E-state index in [0.29, 0.717) is 18.6 Å². The molecular weight excluding hydrogens is 274 g/mol. The van der Waals surface area contributed by atoms with E-state index in [1.54, 1.807) is 0 Å². The van der Waals surface area contributed by atoms with Gasteiger partial charge in [0.2, 0.25) is 0 Å². The largest absolute Gasteiger partial charge is 0.507 e. The second-order valence-corrected chi connectivity index (χ2v) is 6.12. The van der Waals surface area contributed by atoms with Crippen LogP contribution in [-0.2, 0) is 6.42 Å². The van der Waals surface area contributed by atoms with Crippen molar-refractivity contribution in [3.8, 4) is 11.5 Å². The number of benzene rings is 1. The molecule has 4 heteroatoms. The molecule has 21 heavy (non-hydrogen) atoms. The van der Waals surface area contributed by atoms with Crippen LogP contribution in [0.3, 0.4) is 0 Å². The van der Waals surface area contributed by atoms with Crippen molar-refractivity contribution in [2.45, 2.75) is 59.0 Å². The minimum absolute atomic E-state index is 0.309. The molecule has 1 aliphatic rings. The lowest BCUT2D eigenvalue weighted by molar-refractivity contribution is 0.0557. The number of ether oxygens (including phenoxy) is 1. The number of phenolic OH excluding ortho intramolecular Hbond substituents is 1. The molecule has 1 N–H and O–H groups in total. The average Bonchev–Trinajstić information content (AvgIpc) is 2.42. The molecule has 1 aromatic carbocycles. The second kappa shape index (κ2) is 5.66. The Hall–Kier alpha value is -1.58. The van der Waals surface area contributed by atoms with Crippen LogP contribution in [0.1, 0.15) is 48.4 Å². The van der Waals surface area contributed by atoms with Gasteiger partial charge in [-0.25, -0.2) is 0 Å². The molecule has 1 aliphatic heterocycles. The van der Waals surface area contributed by atoms with Crippen LogP contribution in [0.4, 0.5) is 8.78 Å². The van der Waals surface area contributed by atoms with Gasteiger partial charge in [0.25, 0.3) is 6.08 Å². The normalized spacial score (nSPS) is 20.7. The average molecular weight is 296 g/mol. The molecule has 0 aliphatic carbocycles. The summed E-state index contributed by atoms with van der Waals surface area (Å²) in [4.78, 5) is 0. The van der Waals surface area contributed by atoms with E-state index in [9.17, 15) is 13.9 Å². The zero-order valence-corrected chi connectivity index (χ0v) is 13.0. The Balaban J connectivity index is 2.30. The third kappa shape index (κ3) is 3.04. The lowest BCUT2D eigenvalue weighted by Crippen LogP contribution is -2.36. The first-order valence-electron chi connectivity index (χ1n) is 7.27. The molecule has 2 nitrogen and oxygen atoms in total. The summed E-state index contributed by atoms with van der Waals surface area (Å²) in [6.07, 6.45) is 1.75. The van der Waals surface area contributed by atoms with E-state index in [1.165, 1.54) is 0 Å². The molecule has 0 fully saturated rings. The highest BCUT2D eigenvalue weighted by Gasteiger charge is 2.33. The van der Waals surface area contributed by atoms with Gasteiger partial charge in [0.15, 0.2) is 0 Å². The van der Waals surface area contributed by atoms with Gasteiger partial charge >= 0.3 is 0 Å². The fourth-order valence-electron chi connectivity index (χ4n) is 2.96. The van der Waals surface area contributed by atoms with Gasteiger partial charge in [0.05, 0.1) is 0 Å². The van der Waals surface area contributed by atoms with Gasteiger partial charge in [-0.3, -0.25) is 0 Å². The Bertz CT molecular complexity index is 589. The molecule has 0 spiro atoms. The Kier molecular flexibility index (Phi) is 4.26. The summed E-state index contributed by atoms with van der Waals surface area (Å²) in [5.74, 6) is 1.15. The van der Waals surface area contributed by atoms with E-state index in [1.807, 2.05) is 27.7 Å². The summed E-state index contributed by atoms with van der Waals surface area (Å²) in [5, 5.41) is 10.1. The molecule has 0 amide bonds. The zero-order chi connectivity index (χ0) is 15.8. The monoisotopic (exact) mass is 296 g/mol. The number of hydrogen-bond donors (Lipinski definition) is 1. The number of hydrogen-bond acceptors (Lipinski definition) is 2. The quantitative estimate of drug-likeness (QED) is 0.854. The maximum atomic E-state index is 12.2. The van der Waals surface area contributed by atoms with E-state index in [4.69, 9.17) is 4.74 Å². The van der Waals surface area contributed by atoms with Crippen molar-refractivity contribution in [3.63, 3.8) is 0 Å². The number of rotatable bonds is 3. The van der Waals surface area contributed by atoms with Crippen molar-refractivity contribution in [1.29, 1.82) is 0 Å². The van der Waals surface area contributed by atoms with E-state index in [0.717, 1.165) is 46.9 Å². The summed E-state index contributed by atoms with van der Waals surface area (Å²) in [6.45, 7) is 7.67. The van der Waals surface area contributed by atoms with Gasteiger partial charge in [-0.05, 0) is 76.1 Å². The van der Waals surface area contributed by atoms with Crippen LogP contribution >= 0.6 is 0 Å². The van der Waals surface area contributed by atoms with Crippen molar-refractivity contribution in [2.75, 3.05) is 0 Å². The lowest BCUT2D eigenvalue weighted by atomic mass is 9.85. The van der Waals surface area contributed by atoms with Gasteiger partial charge in [0.1, 0.15) is 17.1 Å². The smallest absolute Gasteiger partial charge is 0.266 e. The number of aromatic hydroxyl groups is 1. The summed E-state index contributed by atoms with van der Waals surface area (Å²) >= 11 is 0. The zero-order valence-electron chi connectivity index (χ0n) is 13.0. The van der Waals surface area contributed by atoms with Crippen molar-refractivity contribution in [1.82, 2.24) is 0 Å². The molecule has 1 atom stereocenters. The minimum Gasteiger partial charge on any atom is -0.507 e. The van der Waals surface area contributed by atoms with Gasteiger partial charge in [-0.15, -0.1) is 0 Å². The first-order valence-corrected chi connectivity index (χ1v) is 7.27. The van der Waals surface area contributed by atoms with E-state index in [2.05, 4.69) is 0 Å². The third-order valence-electron chi connectivity index (χ3n) is 4.56. The van der Waals surface area contributed by atoms with Crippen LogP contribution in [0.25, 0.3) is 0 Å². The number of halogens is 2. The van der Waals surface area contributed by atoms with Gasteiger partial charge in [0, 0.05) is 5.56 Å². The Morgan fingerprint density at radius 3 is 2.52 bits per heavy atom. The van der Waals surface area contributed by atoms with E-state index < -0.39 is 11.7 Å². The molecule has 0 bridgehead atoms. The predicted molar refractivity (Wildman–Crippen MR) is 79.2 cm³/mol. The van der Waals surface area contributed by atoms with Gasteiger partial charge < -0.3 is 9.84 Å². The summed E-state index contributed by atoms with van der Waals surface area (Å²) < 4.78 is 30.5. The Labute approximate surface area is 124 Å². The van der Waals surface area contributed by atoms with Crippen LogP contribution in [0.15, 0.2) is 12.2 Å². The van der Waals surface area contributed by atoms with Crippen LogP contribution in [0, 0.1) is 20.8 Å². The third-order valence-corrected chi connectivity index (χ3v) is 4.56. The molecule has 0 unspecified atom stereocenters. The molecule has 0 saturated carbocycles. The van der Waals surface area contributed by atoms with Gasteiger partial charge in [-0.2, -0.15) is 8.78 Å². The number of phenols is 1. The summed E-state index contributed by atoms with van der Waals surface area (Å²) in [5.41, 5.74) is 3.24. The molecule has 0 radical (unpaired) electrons. The maximum Gasteiger partial charge on any atom is 0.266 e. The minimum atomic E-state index is -1.64. The highest BCUT2D eigenvalue weighted by atomic mass is 19.3. The first-order chi connectivity index (χ1) is 9.75. The molecule has 1 heterocycles. The Morgan fingerprint density at radius 1 is 1.24 bits per heavy atom. The fourth-order valence-corrected chi connectivity index (χ4v) is 2.96. The van der Waals surface area contributed by atoms with Crippen LogP contribution in [-0.4, -0.2) is 10.7 Å². The summed E-state index contributed by atoms with van der Waals surface area (Å²) in [7, 11) is 0. The van der Waals surface area contributed by atoms with Crippen molar-refractivity contribution in [2.24, 2.45) is 0 Å². The van der Waals surface area contributed by atoms with Crippen LogP contribution in [0.5, 0.6) is 11.5 Å². The van der Waals surface area contributed by atoms with Crippen molar-refractivity contribution < 1.29 is 18.6 Å². The van der Waals surface area contributed by atoms with E-state index in [-0.39, 0.29) is 0 Å². The molecular formula is C17H22F2O2. The highest BCUT2D eigenvalue weighted by molar-refractivity contribution is 5.58. The summed E-state index contributed by atoms with van der Waals surface area (Å²) in [6, 6.07) is 0. The van der Waals surface area contributed by atoms with Crippen LogP contribution in [0.2, 0.25) is 0 Å². The lowest BCUT2D eigenvalue weighted by Gasteiger charge is -2.38. The molecule has 0 saturated heterocycles. The first kappa shape index (κ1) is 15.8. The molecule has 0 aromatic heterocycles. The van der Waals surface area contributed by atoms with Crippen LogP contribution < -0.4 is 4.74 Å². The predicted octanol–water partition coefficient (Wildman–Crippen LogP) is 4.96. The second-order valence-electron chi connectivity index (χ2n) is 6.12.